The fourth-order valence-electron chi connectivity index (χ4n) is 3.54. The first-order chi connectivity index (χ1) is 11.8. The van der Waals surface area contributed by atoms with Crippen molar-refractivity contribution in [2.45, 2.75) is 57.9 Å². The van der Waals surface area contributed by atoms with E-state index in [1.54, 1.807) is 0 Å². The molecular formula is C20H27N3O. The van der Waals surface area contributed by atoms with Crippen LogP contribution in [0.2, 0.25) is 0 Å². The van der Waals surface area contributed by atoms with Crippen LogP contribution in [0.3, 0.4) is 0 Å². The second-order valence-electron chi connectivity index (χ2n) is 6.77. The maximum absolute atomic E-state index is 12.3. The van der Waals surface area contributed by atoms with Crippen LogP contribution in [0.5, 0.6) is 0 Å². The van der Waals surface area contributed by atoms with Gasteiger partial charge in [0.25, 0.3) is 0 Å². The summed E-state index contributed by atoms with van der Waals surface area (Å²) in [6.45, 7) is 2.08. The molecule has 3 rings (SSSR count). The molecule has 1 fully saturated rings. The van der Waals surface area contributed by atoms with Crippen LogP contribution in [-0.2, 0) is 4.79 Å². The molecule has 128 valence electrons. The lowest BCUT2D eigenvalue weighted by atomic mass is 10.0. The second kappa shape index (κ2) is 8.13. The molecule has 4 heteroatoms. The number of carbonyl (C=O) groups is 1. The Morgan fingerprint density at radius 2 is 2.04 bits per heavy atom. The van der Waals surface area contributed by atoms with Gasteiger partial charge in [-0.3, -0.25) is 4.79 Å². The van der Waals surface area contributed by atoms with Crippen LogP contribution in [0.4, 0.5) is 0 Å². The minimum absolute atomic E-state index is 0.0430. The van der Waals surface area contributed by atoms with Gasteiger partial charge in [-0.1, -0.05) is 62.9 Å². The fourth-order valence-corrected chi connectivity index (χ4v) is 3.54. The van der Waals surface area contributed by atoms with Crippen molar-refractivity contribution in [3.8, 4) is 11.3 Å². The van der Waals surface area contributed by atoms with Gasteiger partial charge < -0.3 is 10.3 Å². The SMILES string of the molecule is CCC(NC(=O)CCC1CCCC1)c1ncc(-c2ccccc2)[nH]1. The number of aromatic amines is 1. The smallest absolute Gasteiger partial charge is 0.220 e. The Morgan fingerprint density at radius 1 is 1.29 bits per heavy atom. The summed E-state index contributed by atoms with van der Waals surface area (Å²) in [7, 11) is 0. The van der Waals surface area contributed by atoms with Crippen molar-refractivity contribution in [2.24, 2.45) is 5.92 Å². The maximum Gasteiger partial charge on any atom is 0.220 e. The number of nitrogens with zero attached hydrogens (tertiary/aromatic N) is 1. The molecule has 1 saturated carbocycles. The first kappa shape index (κ1) is 16.7. The summed E-state index contributed by atoms with van der Waals surface area (Å²) in [5.74, 6) is 1.74. The summed E-state index contributed by atoms with van der Waals surface area (Å²) >= 11 is 0. The summed E-state index contributed by atoms with van der Waals surface area (Å²) in [6.07, 6.45) is 9.58. The Bertz CT molecular complexity index is 644. The van der Waals surface area contributed by atoms with Crippen molar-refractivity contribution < 1.29 is 4.79 Å². The standard InChI is InChI=1S/C20H27N3O/c1-2-17(22-19(24)13-12-15-8-6-7-9-15)20-21-14-18(23-20)16-10-4-3-5-11-16/h3-5,10-11,14-15,17H,2,6-9,12-13H2,1H3,(H,21,23)(H,22,24). The molecule has 4 nitrogen and oxygen atoms in total. The molecule has 1 aliphatic rings. The molecule has 1 unspecified atom stereocenters. The van der Waals surface area contributed by atoms with Crippen molar-refractivity contribution >= 4 is 5.91 Å². The number of rotatable bonds is 7. The van der Waals surface area contributed by atoms with Gasteiger partial charge in [0.2, 0.25) is 5.91 Å². The van der Waals surface area contributed by atoms with E-state index in [2.05, 4.69) is 34.3 Å². The number of hydrogen-bond donors (Lipinski definition) is 2. The lowest BCUT2D eigenvalue weighted by Gasteiger charge is -2.16. The van der Waals surface area contributed by atoms with Crippen LogP contribution in [0.25, 0.3) is 11.3 Å². The summed E-state index contributed by atoms with van der Waals surface area (Å²) < 4.78 is 0. The van der Waals surface area contributed by atoms with Crippen molar-refractivity contribution in [3.05, 3.63) is 42.4 Å². The normalized spacial score (nSPS) is 16.2. The van der Waals surface area contributed by atoms with E-state index in [1.807, 2.05) is 24.4 Å². The summed E-state index contributed by atoms with van der Waals surface area (Å²) in [4.78, 5) is 20.1. The zero-order valence-electron chi connectivity index (χ0n) is 14.4. The van der Waals surface area contributed by atoms with E-state index in [9.17, 15) is 4.79 Å². The number of amides is 1. The van der Waals surface area contributed by atoms with E-state index >= 15 is 0 Å². The molecule has 0 radical (unpaired) electrons. The van der Waals surface area contributed by atoms with Crippen LogP contribution >= 0.6 is 0 Å². The molecule has 24 heavy (non-hydrogen) atoms. The molecule has 1 heterocycles. The Balaban J connectivity index is 1.57. The zero-order valence-corrected chi connectivity index (χ0v) is 14.4. The maximum atomic E-state index is 12.3. The third-order valence-electron chi connectivity index (χ3n) is 5.01. The average molecular weight is 325 g/mol. The van der Waals surface area contributed by atoms with Crippen molar-refractivity contribution in [1.82, 2.24) is 15.3 Å². The molecule has 0 aliphatic heterocycles. The van der Waals surface area contributed by atoms with Crippen molar-refractivity contribution in [3.63, 3.8) is 0 Å². The van der Waals surface area contributed by atoms with E-state index < -0.39 is 0 Å². The van der Waals surface area contributed by atoms with E-state index in [-0.39, 0.29) is 11.9 Å². The molecule has 2 aromatic rings. The van der Waals surface area contributed by atoms with Crippen molar-refractivity contribution in [2.75, 3.05) is 0 Å². The molecule has 0 spiro atoms. The van der Waals surface area contributed by atoms with Crippen LogP contribution in [-0.4, -0.2) is 15.9 Å². The van der Waals surface area contributed by atoms with E-state index in [0.717, 1.165) is 35.8 Å². The third-order valence-corrected chi connectivity index (χ3v) is 5.01. The highest BCUT2D eigenvalue weighted by atomic mass is 16.1. The highest BCUT2D eigenvalue weighted by Crippen LogP contribution is 2.28. The summed E-state index contributed by atoms with van der Waals surface area (Å²) in [5, 5.41) is 3.14. The van der Waals surface area contributed by atoms with Gasteiger partial charge in [0.1, 0.15) is 5.82 Å². The van der Waals surface area contributed by atoms with E-state index in [4.69, 9.17) is 0 Å². The minimum Gasteiger partial charge on any atom is -0.346 e. The van der Waals surface area contributed by atoms with Gasteiger partial charge in [0.05, 0.1) is 17.9 Å². The third kappa shape index (κ3) is 4.25. The van der Waals surface area contributed by atoms with E-state index in [0.29, 0.717) is 6.42 Å². The molecule has 1 aromatic heterocycles. The molecule has 1 aliphatic carbocycles. The Labute approximate surface area is 144 Å². The topological polar surface area (TPSA) is 57.8 Å². The second-order valence-corrected chi connectivity index (χ2v) is 6.77. The molecular weight excluding hydrogens is 298 g/mol. The Hall–Kier alpha value is -2.10. The molecule has 2 N–H and O–H groups in total. The molecule has 0 bridgehead atoms. The van der Waals surface area contributed by atoms with Gasteiger partial charge in [0, 0.05) is 6.42 Å². The number of nitrogens with one attached hydrogen (secondary N) is 2. The van der Waals surface area contributed by atoms with Crippen molar-refractivity contribution in [1.29, 1.82) is 0 Å². The number of benzene rings is 1. The lowest BCUT2D eigenvalue weighted by molar-refractivity contribution is -0.122. The van der Waals surface area contributed by atoms with Gasteiger partial charge in [-0.05, 0) is 24.3 Å². The van der Waals surface area contributed by atoms with Crippen LogP contribution < -0.4 is 5.32 Å². The average Bonchev–Trinajstić information content (AvgIpc) is 3.30. The van der Waals surface area contributed by atoms with Crippen LogP contribution in [0, 0.1) is 5.92 Å². The van der Waals surface area contributed by atoms with E-state index in [1.165, 1.54) is 25.7 Å². The largest absolute Gasteiger partial charge is 0.346 e. The number of hydrogen-bond acceptors (Lipinski definition) is 2. The Morgan fingerprint density at radius 3 is 2.75 bits per heavy atom. The van der Waals surface area contributed by atoms with Gasteiger partial charge in [-0.15, -0.1) is 0 Å². The summed E-state index contributed by atoms with van der Waals surface area (Å²) in [6, 6.07) is 10.1. The van der Waals surface area contributed by atoms with Crippen LogP contribution in [0.1, 0.15) is 63.7 Å². The van der Waals surface area contributed by atoms with Gasteiger partial charge >= 0.3 is 0 Å². The Kier molecular flexibility index (Phi) is 5.68. The molecule has 1 aromatic carbocycles. The van der Waals surface area contributed by atoms with Gasteiger partial charge in [-0.25, -0.2) is 4.98 Å². The number of imidazole rings is 1. The van der Waals surface area contributed by atoms with Gasteiger partial charge in [-0.2, -0.15) is 0 Å². The molecule has 1 atom stereocenters. The first-order valence-corrected chi connectivity index (χ1v) is 9.16. The first-order valence-electron chi connectivity index (χ1n) is 9.16. The summed E-state index contributed by atoms with van der Waals surface area (Å²) in [5.41, 5.74) is 2.10. The highest BCUT2D eigenvalue weighted by Gasteiger charge is 2.19. The number of aromatic nitrogens is 2. The predicted octanol–water partition coefficient (Wildman–Crippen LogP) is 4.61. The number of H-pyrrole nitrogens is 1. The fraction of sp³-hybridized carbons (Fsp3) is 0.500. The minimum atomic E-state index is -0.0430. The highest BCUT2D eigenvalue weighted by molar-refractivity contribution is 5.76. The molecule has 1 amide bonds. The van der Waals surface area contributed by atoms with Crippen LogP contribution in [0.15, 0.2) is 36.5 Å². The number of carbonyl (C=O) groups excluding carboxylic acids is 1. The molecule has 0 saturated heterocycles. The quantitative estimate of drug-likeness (QED) is 0.780. The zero-order chi connectivity index (χ0) is 16.8. The lowest BCUT2D eigenvalue weighted by Crippen LogP contribution is -2.29. The predicted molar refractivity (Wildman–Crippen MR) is 96.4 cm³/mol. The van der Waals surface area contributed by atoms with Gasteiger partial charge in [0.15, 0.2) is 0 Å². The monoisotopic (exact) mass is 325 g/mol.